The van der Waals surface area contributed by atoms with E-state index in [1.807, 2.05) is 6.92 Å². The van der Waals surface area contributed by atoms with Crippen LogP contribution in [-0.4, -0.2) is 17.4 Å². The van der Waals surface area contributed by atoms with Crippen molar-refractivity contribution >= 4 is 17.3 Å². The van der Waals surface area contributed by atoms with Crippen LogP contribution in [0.1, 0.15) is 28.4 Å². The van der Waals surface area contributed by atoms with Crippen LogP contribution in [0.25, 0.3) is 0 Å². The quantitative estimate of drug-likeness (QED) is 0.671. The third-order valence-corrected chi connectivity index (χ3v) is 3.37. The van der Waals surface area contributed by atoms with Crippen molar-refractivity contribution in [1.29, 1.82) is 0 Å². The molecule has 6 heteroatoms. The Hall–Kier alpha value is -2.89. The summed E-state index contributed by atoms with van der Waals surface area (Å²) < 4.78 is 5.38. The highest BCUT2D eigenvalue weighted by atomic mass is 16.6. The van der Waals surface area contributed by atoms with Crippen molar-refractivity contribution in [3.05, 3.63) is 63.2 Å². The van der Waals surface area contributed by atoms with E-state index in [4.69, 9.17) is 4.74 Å². The fraction of sp³-hybridized carbons (Fsp3) is 0.235. The van der Waals surface area contributed by atoms with Gasteiger partial charge in [0.15, 0.2) is 0 Å². The Morgan fingerprint density at radius 3 is 2.43 bits per heavy atom. The average Bonchev–Trinajstić information content (AvgIpc) is 2.51. The number of nitrogens with one attached hydrogen (secondary N) is 1. The second-order valence-electron chi connectivity index (χ2n) is 5.13. The second-order valence-corrected chi connectivity index (χ2v) is 5.13. The van der Waals surface area contributed by atoms with Crippen LogP contribution in [-0.2, 0) is 0 Å². The summed E-state index contributed by atoms with van der Waals surface area (Å²) in [5.74, 6) is 0.337. The average molecular weight is 314 g/mol. The highest BCUT2D eigenvalue weighted by molar-refractivity contribution is 6.05. The summed E-state index contributed by atoms with van der Waals surface area (Å²) >= 11 is 0. The van der Waals surface area contributed by atoms with E-state index in [1.54, 1.807) is 38.1 Å². The molecule has 2 rings (SSSR count). The number of nitro groups is 1. The van der Waals surface area contributed by atoms with Crippen LogP contribution >= 0.6 is 0 Å². The van der Waals surface area contributed by atoms with Gasteiger partial charge in [0.1, 0.15) is 5.75 Å². The Morgan fingerprint density at radius 2 is 1.87 bits per heavy atom. The molecular formula is C17H18N2O4. The largest absolute Gasteiger partial charge is 0.494 e. The maximum absolute atomic E-state index is 12.4. The maximum Gasteiger partial charge on any atom is 0.270 e. The number of nitrogens with zero attached hydrogens (tertiary/aromatic N) is 1. The first kappa shape index (κ1) is 16.5. The van der Waals surface area contributed by atoms with E-state index in [0.717, 1.165) is 0 Å². The Morgan fingerprint density at radius 1 is 1.22 bits per heavy atom. The number of ether oxygens (including phenoxy) is 1. The van der Waals surface area contributed by atoms with Gasteiger partial charge in [-0.1, -0.05) is 6.07 Å². The van der Waals surface area contributed by atoms with Gasteiger partial charge in [-0.2, -0.15) is 0 Å². The van der Waals surface area contributed by atoms with Crippen molar-refractivity contribution in [1.82, 2.24) is 0 Å². The zero-order chi connectivity index (χ0) is 17.0. The Labute approximate surface area is 134 Å². The van der Waals surface area contributed by atoms with Gasteiger partial charge >= 0.3 is 0 Å². The zero-order valence-electron chi connectivity index (χ0n) is 13.3. The fourth-order valence-corrected chi connectivity index (χ4v) is 2.32. The van der Waals surface area contributed by atoms with Gasteiger partial charge in [0.2, 0.25) is 0 Å². The van der Waals surface area contributed by atoms with Crippen molar-refractivity contribution in [2.75, 3.05) is 11.9 Å². The van der Waals surface area contributed by atoms with Crippen LogP contribution in [0.3, 0.4) is 0 Å². The molecule has 0 saturated heterocycles. The first-order chi connectivity index (χ1) is 10.9. The van der Waals surface area contributed by atoms with Gasteiger partial charge in [0, 0.05) is 23.4 Å². The van der Waals surface area contributed by atoms with Crippen LogP contribution in [0.2, 0.25) is 0 Å². The number of hydrogen-bond acceptors (Lipinski definition) is 4. The Kier molecular flexibility index (Phi) is 4.95. The van der Waals surface area contributed by atoms with Crippen LogP contribution in [0.4, 0.5) is 11.4 Å². The summed E-state index contributed by atoms with van der Waals surface area (Å²) in [5.41, 5.74) is 2.35. The maximum atomic E-state index is 12.4. The predicted molar refractivity (Wildman–Crippen MR) is 88.1 cm³/mol. The molecule has 0 fully saturated rings. The molecule has 0 atom stereocenters. The summed E-state index contributed by atoms with van der Waals surface area (Å²) in [6.07, 6.45) is 0. The third kappa shape index (κ3) is 3.85. The lowest BCUT2D eigenvalue weighted by Gasteiger charge is -2.12. The number of hydrogen-bond donors (Lipinski definition) is 1. The van der Waals surface area contributed by atoms with Gasteiger partial charge in [0.25, 0.3) is 11.6 Å². The first-order valence-corrected chi connectivity index (χ1v) is 7.22. The Balaban J connectivity index is 2.27. The van der Waals surface area contributed by atoms with E-state index in [1.165, 1.54) is 12.1 Å². The highest BCUT2D eigenvalue weighted by Crippen LogP contribution is 2.27. The van der Waals surface area contributed by atoms with Gasteiger partial charge < -0.3 is 10.1 Å². The van der Waals surface area contributed by atoms with E-state index < -0.39 is 4.92 Å². The molecular weight excluding hydrogens is 296 g/mol. The molecule has 0 aliphatic carbocycles. The second kappa shape index (κ2) is 6.91. The minimum atomic E-state index is -0.447. The molecule has 0 saturated carbocycles. The molecule has 1 N–H and O–H groups in total. The van der Waals surface area contributed by atoms with Crippen molar-refractivity contribution in [2.24, 2.45) is 0 Å². The number of nitro benzene ring substituents is 1. The molecule has 0 aliphatic rings. The van der Waals surface area contributed by atoms with Crippen molar-refractivity contribution in [2.45, 2.75) is 20.8 Å². The number of rotatable bonds is 5. The fourth-order valence-electron chi connectivity index (χ4n) is 2.32. The summed E-state index contributed by atoms with van der Waals surface area (Å²) in [7, 11) is 0. The molecule has 2 aromatic carbocycles. The van der Waals surface area contributed by atoms with Crippen LogP contribution < -0.4 is 10.1 Å². The molecule has 0 bridgehead atoms. The van der Waals surface area contributed by atoms with Gasteiger partial charge in [-0.15, -0.1) is 0 Å². The number of anilines is 1. The summed E-state index contributed by atoms with van der Waals surface area (Å²) in [6.45, 7) is 5.85. The van der Waals surface area contributed by atoms with Crippen LogP contribution in [0.5, 0.6) is 5.75 Å². The normalized spacial score (nSPS) is 10.2. The monoisotopic (exact) mass is 314 g/mol. The minimum absolute atomic E-state index is 0.0105. The zero-order valence-corrected chi connectivity index (χ0v) is 13.3. The standard InChI is InChI=1S/C17H18N2O4/c1-4-23-15-7-5-6-13(10-15)17(20)18-16-11(2)8-14(19(21)22)9-12(16)3/h5-10H,4H2,1-3H3,(H,18,20). The van der Waals surface area contributed by atoms with Crippen molar-refractivity contribution < 1.29 is 14.5 Å². The van der Waals surface area contributed by atoms with E-state index in [2.05, 4.69) is 5.32 Å². The minimum Gasteiger partial charge on any atom is -0.494 e. The molecule has 23 heavy (non-hydrogen) atoms. The summed E-state index contributed by atoms with van der Waals surface area (Å²) in [6, 6.07) is 9.76. The number of amides is 1. The molecule has 6 nitrogen and oxygen atoms in total. The topological polar surface area (TPSA) is 81.5 Å². The molecule has 0 aliphatic heterocycles. The van der Waals surface area contributed by atoms with Gasteiger partial charge in [-0.25, -0.2) is 0 Å². The summed E-state index contributed by atoms with van der Waals surface area (Å²) in [4.78, 5) is 22.8. The molecule has 0 spiro atoms. The van der Waals surface area contributed by atoms with Gasteiger partial charge in [-0.3, -0.25) is 14.9 Å². The van der Waals surface area contributed by atoms with E-state index in [-0.39, 0.29) is 11.6 Å². The SMILES string of the molecule is CCOc1cccc(C(=O)Nc2c(C)cc([N+](=O)[O-])cc2C)c1. The van der Waals surface area contributed by atoms with E-state index in [9.17, 15) is 14.9 Å². The number of benzene rings is 2. The molecule has 0 aromatic heterocycles. The van der Waals surface area contributed by atoms with Crippen molar-refractivity contribution in [3.8, 4) is 5.75 Å². The molecule has 0 heterocycles. The van der Waals surface area contributed by atoms with Gasteiger partial charge in [-0.05, 0) is 50.1 Å². The number of non-ortho nitro benzene ring substituents is 1. The molecule has 0 radical (unpaired) electrons. The molecule has 1 amide bonds. The highest BCUT2D eigenvalue weighted by Gasteiger charge is 2.15. The van der Waals surface area contributed by atoms with E-state index in [0.29, 0.717) is 34.7 Å². The van der Waals surface area contributed by atoms with Gasteiger partial charge in [0.05, 0.1) is 11.5 Å². The Bertz CT molecular complexity index is 733. The van der Waals surface area contributed by atoms with Crippen LogP contribution in [0.15, 0.2) is 36.4 Å². The number of carbonyl (C=O) groups is 1. The smallest absolute Gasteiger partial charge is 0.270 e. The van der Waals surface area contributed by atoms with Crippen LogP contribution in [0, 0.1) is 24.0 Å². The number of aryl methyl sites for hydroxylation is 2. The summed E-state index contributed by atoms with van der Waals surface area (Å²) in [5, 5.41) is 13.7. The van der Waals surface area contributed by atoms with Crippen molar-refractivity contribution in [3.63, 3.8) is 0 Å². The number of carbonyl (C=O) groups excluding carboxylic acids is 1. The molecule has 0 unspecified atom stereocenters. The lowest BCUT2D eigenvalue weighted by atomic mass is 10.1. The third-order valence-electron chi connectivity index (χ3n) is 3.37. The molecule has 2 aromatic rings. The molecule has 120 valence electrons. The van der Waals surface area contributed by atoms with E-state index >= 15 is 0 Å². The first-order valence-electron chi connectivity index (χ1n) is 7.22. The lowest BCUT2D eigenvalue weighted by molar-refractivity contribution is -0.384. The predicted octanol–water partition coefficient (Wildman–Crippen LogP) is 3.86. The lowest BCUT2D eigenvalue weighted by Crippen LogP contribution is -2.14.